The van der Waals surface area contributed by atoms with Gasteiger partial charge in [0.25, 0.3) is 0 Å². The first-order valence-corrected chi connectivity index (χ1v) is 7.36. The number of rotatable bonds is 6. The van der Waals surface area contributed by atoms with Gasteiger partial charge in [-0.3, -0.25) is 4.79 Å². The van der Waals surface area contributed by atoms with Crippen LogP contribution in [0.2, 0.25) is 0 Å². The zero-order valence-electron chi connectivity index (χ0n) is 12.9. The summed E-state index contributed by atoms with van der Waals surface area (Å²) in [5.41, 5.74) is 3.34. The normalized spacial score (nSPS) is 10.6. The van der Waals surface area contributed by atoms with Gasteiger partial charge in [-0.15, -0.1) is 0 Å². The lowest BCUT2D eigenvalue weighted by Crippen LogP contribution is -2.23. The van der Waals surface area contributed by atoms with Crippen molar-refractivity contribution < 1.29 is 9.21 Å². The number of nitrogens with zero attached hydrogens (tertiary/aromatic N) is 1. The lowest BCUT2D eigenvalue weighted by Gasteiger charge is -2.05. The maximum absolute atomic E-state index is 11.9. The number of hydrogen-bond donors (Lipinski definition) is 1. The van der Waals surface area contributed by atoms with Crippen molar-refractivity contribution in [1.82, 2.24) is 10.3 Å². The molecule has 0 aliphatic carbocycles. The highest BCUT2D eigenvalue weighted by Gasteiger charge is 2.08. The Balaban J connectivity index is 1.78. The van der Waals surface area contributed by atoms with E-state index in [1.54, 1.807) is 6.92 Å². The molecule has 21 heavy (non-hydrogen) atoms. The van der Waals surface area contributed by atoms with Gasteiger partial charge in [0.15, 0.2) is 5.89 Å². The third-order valence-corrected chi connectivity index (χ3v) is 3.52. The molecule has 1 aromatic carbocycles. The summed E-state index contributed by atoms with van der Waals surface area (Å²) < 4.78 is 5.43. The standard InChI is InChI=1S/C17H22N2O2/c1-4-14-5-7-15(8-6-14)9-10-17(20)18-11-16-12(2)19-13(3)21-16/h5-8H,4,9-11H2,1-3H3,(H,18,20). The average Bonchev–Trinajstić information content (AvgIpc) is 2.81. The van der Waals surface area contributed by atoms with Crippen LogP contribution < -0.4 is 5.32 Å². The Morgan fingerprint density at radius 1 is 1.19 bits per heavy atom. The minimum atomic E-state index is 0.0306. The number of oxazole rings is 1. The fourth-order valence-electron chi connectivity index (χ4n) is 2.20. The summed E-state index contributed by atoms with van der Waals surface area (Å²) in [6.45, 7) is 6.22. The first kappa shape index (κ1) is 15.3. The highest BCUT2D eigenvalue weighted by molar-refractivity contribution is 5.76. The van der Waals surface area contributed by atoms with Crippen molar-refractivity contribution in [2.45, 2.75) is 46.6 Å². The molecule has 0 atom stereocenters. The van der Waals surface area contributed by atoms with Crippen LogP contribution in [0.4, 0.5) is 0 Å². The summed E-state index contributed by atoms with van der Waals surface area (Å²) in [6.07, 6.45) is 2.28. The summed E-state index contributed by atoms with van der Waals surface area (Å²) in [6, 6.07) is 8.42. The first-order valence-electron chi connectivity index (χ1n) is 7.36. The Kier molecular flexibility index (Phi) is 5.14. The maximum atomic E-state index is 11.9. The zero-order valence-corrected chi connectivity index (χ0v) is 12.9. The summed E-state index contributed by atoms with van der Waals surface area (Å²) in [5, 5.41) is 2.87. The lowest BCUT2D eigenvalue weighted by atomic mass is 10.1. The molecule has 0 aliphatic rings. The molecule has 2 rings (SSSR count). The molecular weight excluding hydrogens is 264 g/mol. The SMILES string of the molecule is CCc1ccc(CCC(=O)NCc2oc(C)nc2C)cc1. The van der Waals surface area contributed by atoms with Crippen LogP contribution in [0.25, 0.3) is 0 Å². The molecule has 0 bridgehead atoms. The van der Waals surface area contributed by atoms with Crippen LogP contribution in [0.5, 0.6) is 0 Å². The van der Waals surface area contributed by atoms with Crippen LogP contribution in [0, 0.1) is 13.8 Å². The van der Waals surface area contributed by atoms with Crippen LogP contribution in [0.1, 0.15) is 41.8 Å². The summed E-state index contributed by atoms with van der Waals surface area (Å²) in [7, 11) is 0. The van der Waals surface area contributed by atoms with Crippen LogP contribution in [0.3, 0.4) is 0 Å². The molecule has 0 radical (unpaired) electrons. The average molecular weight is 286 g/mol. The Labute approximate surface area is 125 Å². The molecule has 0 fully saturated rings. The number of aromatic nitrogens is 1. The molecule has 4 heteroatoms. The Morgan fingerprint density at radius 3 is 2.43 bits per heavy atom. The fraction of sp³-hybridized carbons (Fsp3) is 0.412. The van der Waals surface area contributed by atoms with Gasteiger partial charge in [0, 0.05) is 13.3 Å². The molecule has 0 aliphatic heterocycles. The van der Waals surface area contributed by atoms with Gasteiger partial charge in [0.2, 0.25) is 5.91 Å². The number of aryl methyl sites for hydroxylation is 4. The Hall–Kier alpha value is -2.10. The molecule has 1 amide bonds. The minimum Gasteiger partial charge on any atom is -0.444 e. The number of nitrogens with one attached hydrogen (secondary N) is 1. The Bertz CT molecular complexity index is 600. The van der Waals surface area contributed by atoms with E-state index in [0.717, 1.165) is 24.3 Å². The van der Waals surface area contributed by atoms with E-state index in [1.165, 1.54) is 11.1 Å². The molecule has 1 heterocycles. The quantitative estimate of drug-likeness (QED) is 0.887. The predicted molar refractivity (Wildman–Crippen MR) is 82.0 cm³/mol. The van der Waals surface area contributed by atoms with E-state index < -0.39 is 0 Å². The third-order valence-electron chi connectivity index (χ3n) is 3.52. The van der Waals surface area contributed by atoms with Crippen LogP contribution in [0.15, 0.2) is 28.7 Å². The lowest BCUT2D eigenvalue weighted by molar-refractivity contribution is -0.121. The predicted octanol–water partition coefficient (Wildman–Crippen LogP) is 3.10. The van der Waals surface area contributed by atoms with Crippen LogP contribution in [-0.2, 0) is 24.2 Å². The van der Waals surface area contributed by atoms with E-state index in [4.69, 9.17) is 4.42 Å². The van der Waals surface area contributed by atoms with Gasteiger partial charge in [0.05, 0.1) is 12.2 Å². The van der Waals surface area contributed by atoms with Crippen molar-refractivity contribution in [3.63, 3.8) is 0 Å². The largest absolute Gasteiger partial charge is 0.444 e. The van der Waals surface area contributed by atoms with Crippen molar-refractivity contribution in [1.29, 1.82) is 0 Å². The van der Waals surface area contributed by atoms with Gasteiger partial charge in [-0.05, 0) is 30.9 Å². The van der Waals surface area contributed by atoms with E-state index in [1.807, 2.05) is 6.92 Å². The van der Waals surface area contributed by atoms with E-state index in [9.17, 15) is 4.79 Å². The minimum absolute atomic E-state index is 0.0306. The molecule has 4 nitrogen and oxygen atoms in total. The molecular formula is C17H22N2O2. The van der Waals surface area contributed by atoms with E-state index in [-0.39, 0.29) is 5.91 Å². The summed E-state index contributed by atoms with van der Waals surface area (Å²) in [4.78, 5) is 16.0. The van der Waals surface area contributed by atoms with Gasteiger partial charge in [-0.25, -0.2) is 4.98 Å². The monoisotopic (exact) mass is 286 g/mol. The van der Waals surface area contributed by atoms with E-state index >= 15 is 0 Å². The smallest absolute Gasteiger partial charge is 0.220 e. The van der Waals surface area contributed by atoms with Gasteiger partial charge in [0.1, 0.15) is 5.76 Å². The van der Waals surface area contributed by atoms with Crippen molar-refractivity contribution in [3.05, 3.63) is 52.7 Å². The molecule has 112 valence electrons. The number of carbonyl (C=O) groups excluding carboxylic acids is 1. The van der Waals surface area contributed by atoms with Crippen molar-refractivity contribution in [3.8, 4) is 0 Å². The summed E-state index contributed by atoms with van der Waals surface area (Å²) in [5.74, 6) is 1.39. The van der Waals surface area contributed by atoms with Gasteiger partial charge in [-0.2, -0.15) is 0 Å². The second-order valence-electron chi connectivity index (χ2n) is 5.19. The van der Waals surface area contributed by atoms with Crippen LogP contribution >= 0.6 is 0 Å². The van der Waals surface area contributed by atoms with Crippen LogP contribution in [-0.4, -0.2) is 10.9 Å². The first-order chi connectivity index (χ1) is 10.1. The summed E-state index contributed by atoms with van der Waals surface area (Å²) >= 11 is 0. The number of hydrogen-bond acceptors (Lipinski definition) is 3. The molecule has 0 spiro atoms. The number of amides is 1. The molecule has 1 N–H and O–H groups in total. The van der Waals surface area contributed by atoms with Crippen molar-refractivity contribution in [2.75, 3.05) is 0 Å². The second kappa shape index (κ2) is 7.07. The third kappa shape index (κ3) is 4.45. The Morgan fingerprint density at radius 2 is 1.86 bits per heavy atom. The highest BCUT2D eigenvalue weighted by atomic mass is 16.4. The van der Waals surface area contributed by atoms with Gasteiger partial charge < -0.3 is 9.73 Å². The topological polar surface area (TPSA) is 55.1 Å². The van der Waals surface area contributed by atoms with E-state index in [2.05, 4.69) is 41.5 Å². The number of carbonyl (C=O) groups is 1. The van der Waals surface area contributed by atoms with Gasteiger partial charge in [-0.1, -0.05) is 31.2 Å². The second-order valence-corrected chi connectivity index (χ2v) is 5.19. The fourth-order valence-corrected chi connectivity index (χ4v) is 2.20. The molecule has 0 saturated heterocycles. The highest BCUT2D eigenvalue weighted by Crippen LogP contribution is 2.10. The maximum Gasteiger partial charge on any atom is 0.220 e. The van der Waals surface area contributed by atoms with Gasteiger partial charge >= 0.3 is 0 Å². The zero-order chi connectivity index (χ0) is 15.2. The molecule has 2 aromatic rings. The number of benzene rings is 1. The molecule has 0 saturated carbocycles. The molecule has 1 aromatic heterocycles. The van der Waals surface area contributed by atoms with Crippen molar-refractivity contribution >= 4 is 5.91 Å². The van der Waals surface area contributed by atoms with E-state index in [0.29, 0.717) is 18.9 Å². The van der Waals surface area contributed by atoms with Crippen molar-refractivity contribution in [2.24, 2.45) is 0 Å². The molecule has 0 unspecified atom stereocenters.